The molecule has 9 heteroatoms. The first kappa shape index (κ1) is 34.3. The van der Waals surface area contributed by atoms with Crippen LogP contribution in [-0.4, -0.2) is 66.7 Å². The molecule has 0 amide bonds. The minimum atomic E-state index is -0.0689. The fourth-order valence-electron chi connectivity index (χ4n) is 5.37. The van der Waals surface area contributed by atoms with Gasteiger partial charge in [-0.2, -0.15) is 0 Å². The first-order chi connectivity index (χ1) is 20.8. The molecule has 1 heterocycles. The number of phenolic OH excluding ortho intramolecular Hbond substituents is 1. The maximum absolute atomic E-state index is 10.6. The van der Waals surface area contributed by atoms with E-state index in [-0.39, 0.29) is 24.7 Å². The van der Waals surface area contributed by atoms with Crippen LogP contribution in [0.3, 0.4) is 0 Å². The molecule has 0 saturated heterocycles. The van der Waals surface area contributed by atoms with E-state index < -0.39 is 0 Å². The number of methoxy groups -OCH3 is 2. The smallest absolute Gasteiger partial charge is 0.200 e. The monoisotopic (exact) mass is 617 g/mol. The second-order valence-corrected chi connectivity index (χ2v) is 10.4. The summed E-state index contributed by atoms with van der Waals surface area (Å²) in [5, 5.41) is 14.5. The minimum Gasteiger partial charge on any atom is -0.502 e. The van der Waals surface area contributed by atoms with Gasteiger partial charge < -0.3 is 29.7 Å². The van der Waals surface area contributed by atoms with Gasteiger partial charge in [0, 0.05) is 60.8 Å². The van der Waals surface area contributed by atoms with Gasteiger partial charge in [0.15, 0.2) is 16.6 Å². The highest BCUT2D eigenvalue weighted by Crippen LogP contribution is 2.43. The van der Waals surface area contributed by atoms with Gasteiger partial charge in [0.25, 0.3) is 0 Å². The van der Waals surface area contributed by atoms with Crippen LogP contribution < -0.4 is 24.6 Å². The van der Waals surface area contributed by atoms with E-state index in [0.29, 0.717) is 23.0 Å². The van der Waals surface area contributed by atoms with E-state index in [1.807, 2.05) is 11.5 Å². The highest BCUT2D eigenvalue weighted by atomic mass is 32.1. The van der Waals surface area contributed by atoms with Crippen LogP contribution in [0.4, 0.5) is 11.4 Å². The van der Waals surface area contributed by atoms with Gasteiger partial charge in [-0.3, -0.25) is 4.57 Å². The van der Waals surface area contributed by atoms with Crippen LogP contribution in [0.2, 0.25) is 0 Å². The SMILES string of the molecule is C.CCNC(=S)n1c(-c2cc(OC)c(O)c(OC)c2)nc(-c2ccc(N(CC)CC)cc2)c1-c1ccc(N(CC)CC)cc1. The molecule has 2 N–H and O–H groups in total. The van der Waals surface area contributed by atoms with Gasteiger partial charge >= 0.3 is 0 Å². The molecule has 4 rings (SSSR count). The maximum Gasteiger partial charge on any atom is 0.200 e. The molecular formula is C35H47N5O3S. The van der Waals surface area contributed by atoms with Gasteiger partial charge in [0.1, 0.15) is 5.82 Å². The Morgan fingerprint density at radius 1 is 0.773 bits per heavy atom. The van der Waals surface area contributed by atoms with Crippen molar-refractivity contribution < 1.29 is 14.6 Å². The summed E-state index contributed by atoms with van der Waals surface area (Å²) in [7, 11) is 3.03. The molecule has 0 saturated carbocycles. The Kier molecular flexibility index (Phi) is 12.0. The molecule has 0 radical (unpaired) electrons. The lowest BCUT2D eigenvalue weighted by molar-refractivity contribution is 0.340. The molecule has 44 heavy (non-hydrogen) atoms. The summed E-state index contributed by atoms with van der Waals surface area (Å²) in [6.45, 7) is 15.0. The van der Waals surface area contributed by atoms with Gasteiger partial charge in [0.2, 0.25) is 5.75 Å². The summed E-state index contributed by atoms with van der Waals surface area (Å²) in [6.07, 6.45) is 0. The van der Waals surface area contributed by atoms with Crippen molar-refractivity contribution >= 4 is 28.7 Å². The minimum absolute atomic E-state index is 0. The number of nitrogens with one attached hydrogen (secondary N) is 1. The summed E-state index contributed by atoms with van der Waals surface area (Å²) in [5.41, 5.74) is 6.63. The average molecular weight is 618 g/mol. The van der Waals surface area contributed by atoms with E-state index in [0.717, 1.165) is 60.1 Å². The predicted molar refractivity (Wildman–Crippen MR) is 189 cm³/mol. The average Bonchev–Trinajstić information content (AvgIpc) is 3.44. The highest BCUT2D eigenvalue weighted by molar-refractivity contribution is 7.80. The van der Waals surface area contributed by atoms with Gasteiger partial charge in [-0.1, -0.05) is 31.7 Å². The van der Waals surface area contributed by atoms with Crippen molar-refractivity contribution in [1.82, 2.24) is 14.9 Å². The fraction of sp³-hybridized carbons (Fsp3) is 0.371. The molecule has 0 unspecified atom stereocenters. The number of ether oxygens (including phenoxy) is 2. The number of hydrogen-bond acceptors (Lipinski definition) is 7. The second-order valence-electron chi connectivity index (χ2n) is 9.97. The third-order valence-corrected chi connectivity index (χ3v) is 8.01. The lowest BCUT2D eigenvalue weighted by atomic mass is 10.0. The van der Waals surface area contributed by atoms with Crippen LogP contribution >= 0.6 is 12.2 Å². The zero-order valence-electron chi connectivity index (χ0n) is 26.3. The highest BCUT2D eigenvalue weighted by Gasteiger charge is 2.25. The van der Waals surface area contributed by atoms with Crippen LogP contribution in [-0.2, 0) is 0 Å². The molecule has 1 aromatic heterocycles. The van der Waals surface area contributed by atoms with Crippen molar-refractivity contribution in [1.29, 1.82) is 0 Å². The van der Waals surface area contributed by atoms with Crippen LogP contribution in [0.25, 0.3) is 33.9 Å². The third kappa shape index (κ3) is 6.78. The van der Waals surface area contributed by atoms with Crippen LogP contribution in [0.5, 0.6) is 17.2 Å². The van der Waals surface area contributed by atoms with Crippen LogP contribution in [0.15, 0.2) is 60.7 Å². The number of benzene rings is 3. The van der Waals surface area contributed by atoms with Crippen molar-refractivity contribution in [3.8, 4) is 51.2 Å². The summed E-state index contributed by atoms with van der Waals surface area (Å²) in [6, 6.07) is 20.6. The van der Waals surface area contributed by atoms with Gasteiger partial charge in [-0.25, -0.2) is 4.98 Å². The molecule has 0 fully saturated rings. The molecule has 4 aromatic rings. The Labute approximate surface area is 268 Å². The molecule has 0 bridgehead atoms. The van der Waals surface area contributed by atoms with E-state index in [1.165, 1.54) is 14.2 Å². The molecule has 8 nitrogen and oxygen atoms in total. The Morgan fingerprint density at radius 2 is 1.23 bits per heavy atom. The number of aromatic hydroxyl groups is 1. The van der Waals surface area contributed by atoms with E-state index in [4.69, 9.17) is 26.7 Å². The first-order valence-corrected chi connectivity index (χ1v) is 15.3. The van der Waals surface area contributed by atoms with Gasteiger partial charge in [0.05, 0.1) is 25.6 Å². The summed E-state index contributed by atoms with van der Waals surface area (Å²) >= 11 is 5.98. The number of nitrogens with zero attached hydrogens (tertiary/aromatic N) is 4. The number of thiocarbonyl (C=S) groups is 1. The van der Waals surface area contributed by atoms with Crippen molar-refractivity contribution in [2.75, 3.05) is 56.7 Å². The molecule has 0 spiro atoms. The third-order valence-electron chi connectivity index (χ3n) is 7.69. The molecule has 3 aromatic carbocycles. The molecule has 0 aliphatic heterocycles. The predicted octanol–water partition coefficient (Wildman–Crippen LogP) is 7.68. The number of hydrogen-bond donors (Lipinski definition) is 2. The molecular weight excluding hydrogens is 570 g/mol. The number of aromatic nitrogens is 2. The van der Waals surface area contributed by atoms with Crippen LogP contribution in [0.1, 0.15) is 42.0 Å². The van der Waals surface area contributed by atoms with Gasteiger partial charge in [-0.05, 0) is 83.2 Å². The topological polar surface area (TPSA) is 75.0 Å². The van der Waals surface area contributed by atoms with Gasteiger partial charge in [-0.15, -0.1) is 0 Å². The van der Waals surface area contributed by atoms with E-state index in [1.54, 1.807) is 12.1 Å². The van der Waals surface area contributed by atoms with E-state index in [2.05, 4.69) is 91.3 Å². The zero-order chi connectivity index (χ0) is 31.1. The normalized spacial score (nSPS) is 10.6. The lowest BCUT2D eigenvalue weighted by Crippen LogP contribution is -2.29. The Balaban J connectivity index is 0.00000529. The summed E-state index contributed by atoms with van der Waals surface area (Å²) in [4.78, 5) is 9.87. The Morgan fingerprint density at radius 3 is 1.64 bits per heavy atom. The standard InChI is InChI=1S/C34H43N5O3S.CH4/c1-8-35-34(43)39-31(24-15-19-27(20-16-24)38(11-4)12-5)30(23-13-17-26(18-14-23)37(9-2)10-3)36-33(39)25-21-28(41-6)32(40)29(22-25)42-7;/h13-22,40H,8-12H2,1-7H3,(H,35,43);1H4. The second kappa shape index (κ2) is 15.5. The Hall–Kier alpha value is -4.24. The van der Waals surface area contributed by atoms with Crippen LogP contribution in [0, 0.1) is 0 Å². The van der Waals surface area contributed by atoms with E-state index >= 15 is 0 Å². The summed E-state index contributed by atoms with van der Waals surface area (Å²) < 4.78 is 13.0. The molecule has 0 atom stereocenters. The van der Waals surface area contributed by atoms with Crippen molar-refractivity contribution in [3.05, 3.63) is 60.7 Å². The quantitative estimate of drug-likeness (QED) is 0.157. The number of imidazole rings is 1. The van der Waals surface area contributed by atoms with Crippen molar-refractivity contribution in [2.24, 2.45) is 0 Å². The lowest BCUT2D eigenvalue weighted by Gasteiger charge is -2.22. The largest absolute Gasteiger partial charge is 0.502 e. The molecule has 236 valence electrons. The first-order valence-electron chi connectivity index (χ1n) is 14.9. The zero-order valence-corrected chi connectivity index (χ0v) is 27.1. The molecule has 0 aliphatic rings. The van der Waals surface area contributed by atoms with Crippen molar-refractivity contribution in [2.45, 2.75) is 42.0 Å². The number of rotatable bonds is 12. The fourth-order valence-corrected chi connectivity index (χ4v) is 5.69. The molecule has 0 aliphatic carbocycles. The van der Waals surface area contributed by atoms with Crippen molar-refractivity contribution in [3.63, 3.8) is 0 Å². The number of phenols is 1. The Bertz CT molecular complexity index is 1500. The maximum atomic E-state index is 10.6. The number of anilines is 2. The summed E-state index contributed by atoms with van der Waals surface area (Å²) in [5.74, 6) is 1.11. The van der Waals surface area contributed by atoms with E-state index in [9.17, 15) is 5.11 Å².